The van der Waals surface area contributed by atoms with Gasteiger partial charge in [-0.2, -0.15) is 8.78 Å². The molecule has 1 aromatic heterocycles. The fraction of sp³-hybridized carbons (Fsp3) is 0.250. The van der Waals surface area contributed by atoms with Crippen molar-refractivity contribution in [2.75, 3.05) is 0 Å². The molecule has 0 saturated carbocycles. The monoisotopic (exact) mass is 358 g/mol. The van der Waals surface area contributed by atoms with Crippen LogP contribution < -0.4 is 10.1 Å². The molecule has 0 radical (unpaired) electrons. The first-order chi connectivity index (χ1) is 12.5. The van der Waals surface area contributed by atoms with E-state index in [1.165, 1.54) is 6.07 Å². The van der Waals surface area contributed by atoms with Crippen LogP contribution in [0.3, 0.4) is 0 Å². The third-order valence-electron chi connectivity index (χ3n) is 4.28. The van der Waals surface area contributed by atoms with Crippen LogP contribution in [0.4, 0.5) is 8.78 Å². The number of carbonyl (C=O) groups is 1. The molecule has 0 aliphatic carbocycles. The van der Waals surface area contributed by atoms with Gasteiger partial charge in [-0.1, -0.05) is 36.4 Å². The Hall–Kier alpha value is -2.89. The Morgan fingerprint density at radius 2 is 1.88 bits per heavy atom. The average Bonchev–Trinajstić information content (AvgIpc) is 3.03. The molecule has 1 atom stereocenters. The maximum Gasteiger partial charge on any atom is 0.387 e. The molecule has 1 heterocycles. The number of aromatic nitrogens is 1. The van der Waals surface area contributed by atoms with E-state index in [0.717, 1.165) is 16.5 Å². The summed E-state index contributed by atoms with van der Waals surface area (Å²) in [7, 11) is 0. The molecule has 0 bridgehead atoms. The number of carbonyl (C=O) groups excluding carboxylic acids is 1. The van der Waals surface area contributed by atoms with Crippen LogP contribution in [0.5, 0.6) is 5.75 Å². The Balaban J connectivity index is 1.61. The molecular weight excluding hydrogens is 338 g/mol. The van der Waals surface area contributed by atoms with E-state index >= 15 is 0 Å². The van der Waals surface area contributed by atoms with E-state index in [1.54, 1.807) is 25.1 Å². The molecular formula is C20H20F2N2O2. The molecule has 0 unspecified atom stereocenters. The second-order valence-corrected chi connectivity index (χ2v) is 6.07. The highest BCUT2D eigenvalue weighted by atomic mass is 19.3. The Kier molecular flexibility index (Phi) is 5.51. The van der Waals surface area contributed by atoms with Crippen molar-refractivity contribution in [3.8, 4) is 5.75 Å². The molecule has 26 heavy (non-hydrogen) atoms. The lowest BCUT2D eigenvalue weighted by atomic mass is 10.1. The number of ether oxygens (including phenoxy) is 1. The first-order valence-electron chi connectivity index (χ1n) is 8.42. The number of fused-ring (bicyclic) bond motifs is 1. The summed E-state index contributed by atoms with van der Waals surface area (Å²) >= 11 is 0. The molecule has 2 N–H and O–H groups in total. The number of H-pyrrole nitrogens is 1. The van der Waals surface area contributed by atoms with Crippen LogP contribution in [0.25, 0.3) is 10.9 Å². The normalized spacial score (nSPS) is 12.3. The summed E-state index contributed by atoms with van der Waals surface area (Å²) in [5, 5.41) is 3.95. The van der Waals surface area contributed by atoms with Gasteiger partial charge in [0.2, 0.25) is 5.91 Å². The van der Waals surface area contributed by atoms with Gasteiger partial charge in [0.25, 0.3) is 0 Å². The van der Waals surface area contributed by atoms with Crippen LogP contribution in [0.1, 0.15) is 30.5 Å². The summed E-state index contributed by atoms with van der Waals surface area (Å²) in [5.74, 6) is -0.0680. The highest BCUT2D eigenvalue weighted by Gasteiger charge is 2.16. The Bertz CT molecular complexity index is 892. The van der Waals surface area contributed by atoms with Crippen LogP contribution in [0.15, 0.2) is 54.7 Å². The maximum atomic E-state index is 12.5. The summed E-state index contributed by atoms with van der Waals surface area (Å²) < 4.78 is 29.6. The average molecular weight is 358 g/mol. The molecule has 6 heteroatoms. The van der Waals surface area contributed by atoms with Gasteiger partial charge < -0.3 is 15.0 Å². The van der Waals surface area contributed by atoms with Crippen molar-refractivity contribution in [1.29, 1.82) is 0 Å². The molecule has 0 aliphatic rings. The maximum absolute atomic E-state index is 12.5. The van der Waals surface area contributed by atoms with E-state index in [-0.39, 0.29) is 11.7 Å². The number of benzene rings is 2. The van der Waals surface area contributed by atoms with Crippen LogP contribution in [0, 0.1) is 0 Å². The number of hydrogen-bond donors (Lipinski definition) is 2. The summed E-state index contributed by atoms with van der Waals surface area (Å²) in [5.41, 5.74) is 2.63. The lowest BCUT2D eigenvalue weighted by molar-refractivity contribution is -0.121. The van der Waals surface area contributed by atoms with Gasteiger partial charge in [-0.05, 0) is 31.0 Å². The van der Waals surface area contributed by atoms with Crippen LogP contribution in [0.2, 0.25) is 0 Å². The van der Waals surface area contributed by atoms with Crippen molar-refractivity contribution in [1.82, 2.24) is 10.3 Å². The predicted octanol–water partition coefficient (Wildman–Crippen LogP) is 4.58. The van der Waals surface area contributed by atoms with Gasteiger partial charge in [-0.25, -0.2) is 0 Å². The second kappa shape index (κ2) is 7.99. The van der Waals surface area contributed by atoms with Crippen molar-refractivity contribution >= 4 is 16.8 Å². The Labute approximate surface area is 150 Å². The molecule has 0 aliphatic heterocycles. The molecule has 0 spiro atoms. The van der Waals surface area contributed by atoms with Crippen LogP contribution in [-0.2, 0) is 11.2 Å². The van der Waals surface area contributed by atoms with Crippen molar-refractivity contribution in [2.45, 2.75) is 32.4 Å². The number of hydrogen-bond acceptors (Lipinski definition) is 2. The van der Waals surface area contributed by atoms with Gasteiger partial charge in [-0.15, -0.1) is 0 Å². The highest BCUT2D eigenvalue weighted by Crippen LogP contribution is 2.26. The smallest absolute Gasteiger partial charge is 0.387 e. The van der Waals surface area contributed by atoms with Gasteiger partial charge in [0.1, 0.15) is 5.75 Å². The molecule has 2 aromatic carbocycles. The number of aryl methyl sites for hydroxylation is 1. The molecule has 0 fully saturated rings. The first kappa shape index (κ1) is 17.9. The van der Waals surface area contributed by atoms with E-state index < -0.39 is 12.7 Å². The number of amides is 1. The fourth-order valence-corrected chi connectivity index (χ4v) is 3.02. The highest BCUT2D eigenvalue weighted by molar-refractivity contribution is 5.84. The third kappa shape index (κ3) is 4.20. The number of alkyl halides is 2. The molecule has 136 valence electrons. The minimum atomic E-state index is -2.90. The lowest BCUT2D eigenvalue weighted by Crippen LogP contribution is -2.27. The number of rotatable bonds is 7. The van der Waals surface area contributed by atoms with Gasteiger partial charge in [0.05, 0.1) is 6.04 Å². The summed E-state index contributed by atoms with van der Waals surface area (Å²) in [6, 6.07) is 14.0. The minimum Gasteiger partial charge on any atom is -0.434 e. The molecule has 1 amide bonds. The topological polar surface area (TPSA) is 54.1 Å². The first-order valence-corrected chi connectivity index (χ1v) is 8.42. The van der Waals surface area contributed by atoms with Gasteiger partial charge in [0.15, 0.2) is 0 Å². The lowest BCUT2D eigenvalue weighted by Gasteiger charge is -2.18. The van der Waals surface area contributed by atoms with E-state index in [2.05, 4.69) is 15.0 Å². The third-order valence-corrected chi connectivity index (χ3v) is 4.28. The number of aromatic amines is 1. The second-order valence-electron chi connectivity index (χ2n) is 6.07. The van der Waals surface area contributed by atoms with Gasteiger partial charge >= 0.3 is 6.61 Å². The minimum absolute atomic E-state index is 0.0759. The Morgan fingerprint density at radius 1 is 1.15 bits per heavy atom. The zero-order valence-corrected chi connectivity index (χ0v) is 14.3. The quantitative estimate of drug-likeness (QED) is 0.650. The standard InChI is InChI=1S/C20H20F2N2O2/c1-13(15-6-3-5-9-18(15)26-20(21)22)24-19(25)11-10-14-12-23-17-8-4-2-7-16(14)17/h2-9,12-13,20,23H,10-11H2,1H3,(H,24,25)/t13-/m0/s1. The molecule has 4 nitrogen and oxygen atoms in total. The zero-order valence-electron chi connectivity index (χ0n) is 14.3. The van der Waals surface area contributed by atoms with Crippen LogP contribution in [-0.4, -0.2) is 17.5 Å². The number of para-hydroxylation sites is 2. The Morgan fingerprint density at radius 3 is 2.69 bits per heavy atom. The largest absolute Gasteiger partial charge is 0.434 e. The van der Waals surface area contributed by atoms with E-state index in [1.807, 2.05) is 30.5 Å². The van der Waals surface area contributed by atoms with Gasteiger partial charge in [0, 0.05) is 29.1 Å². The van der Waals surface area contributed by atoms with Crippen molar-refractivity contribution in [3.63, 3.8) is 0 Å². The van der Waals surface area contributed by atoms with E-state index in [0.29, 0.717) is 18.4 Å². The molecule has 0 saturated heterocycles. The predicted molar refractivity (Wildman–Crippen MR) is 96.3 cm³/mol. The fourth-order valence-electron chi connectivity index (χ4n) is 3.02. The van der Waals surface area contributed by atoms with E-state index in [4.69, 9.17) is 0 Å². The van der Waals surface area contributed by atoms with Crippen molar-refractivity contribution in [2.24, 2.45) is 0 Å². The van der Waals surface area contributed by atoms with Crippen molar-refractivity contribution in [3.05, 3.63) is 65.9 Å². The van der Waals surface area contributed by atoms with Crippen molar-refractivity contribution < 1.29 is 18.3 Å². The zero-order chi connectivity index (χ0) is 18.5. The van der Waals surface area contributed by atoms with Gasteiger partial charge in [-0.3, -0.25) is 4.79 Å². The van der Waals surface area contributed by atoms with Crippen LogP contribution >= 0.6 is 0 Å². The van der Waals surface area contributed by atoms with E-state index in [9.17, 15) is 13.6 Å². The SMILES string of the molecule is C[C@H](NC(=O)CCc1c[nH]c2ccccc12)c1ccccc1OC(F)F. The summed E-state index contributed by atoms with van der Waals surface area (Å²) in [4.78, 5) is 15.5. The number of halogens is 2. The molecule has 3 rings (SSSR count). The molecule has 3 aromatic rings. The number of nitrogens with one attached hydrogen (secondary N) is 2. The summed E-state index contributed by atoms with van der Waals surface area (Å²) in [6.07, 6.45) is 2.81. The summed E-state index contributed by atoms with van der Waals surface area (Å²) in [6.45, 7) is -1.15.